The molecule has 0 saturated heterocycles. The van der Waals surface area contributed by atoms with E-state index >= 15 is 0 Å². The minimum absolute atomic E-state index is 0.254. The fraction of sp³-hybridized carbons (Fsp3) is 0.370. The second-order valence-electron chi connectivity index (χ2n) is 9.90. The first kappa shape index (κ1) is 22.2. The number of aryl methyl sites for hydroxylation is 5. The van der Waals surface area contributed by atoms with Gasteiger partial charge in [0.05, 0.1) is 19.6 Å². The lowest BCUT2D eigenvalue weighted by Crippen LogP contribution is -2.52. The van der Waals surface area contributed by atoms with Crippen molar-refractivity contribution in [1.82, 2.24) is 14.1 Å². The van der Waals surface area contributed by atoms with Crippen LogP contribution in [0.1, 0.15) is 34.7 Å². The smallest absolute Gasteiger partial charge is 0.267 e. The summed E-state index contributed by atoms with van der Waals surface area (Å²) in [5.74, 6) is 1.18. The molecule has 0 saturated carbocycles. The molecule has 0 bridgehead atoms. The number of benzene rings is 2. The standard InChI is InChI=1S/C27H31N5O2/c1-16-7-8-19(4)21(11-16)15-32-25(33)23-24(29(6)27(32)34)28-26-30(13-17(2)14-31(23)26)22-10-9-18(3)20(5)12-22/h7-12,17H,13-15H2,1-6H3/p+1/t17-/m1/s1. The van der Waals surface area contributed by atoms with E-state index in [2.05, 4.69) is 59.5 Å². The van der Waals surface area contributed by atoms with Crippen molar-refractivity contribution in [3.63, 3.8) is 0 Å². The second-order valence-corrected chi connectivity index (χ2v) is 9.90. The Morgan fingerprint density at radius 2 is 1.74 bits per heavy atom. The van der Waals surface area contributed by atoms with E-state index in [1.807, 2.05) is 26.0 Å². The molecule has 0 amide bonds. The summed E-state index contributed by atoms with van der Waals surface area (Å²) in [5, 5.41) is 0. The average molecular weight is 459 g/mol. The van der Waals surface area contributed by atoms with Crippen LogP contribution >= 0.6 is 0 Å². The number of hydrogen-bond donors (Lipinski definition) is 1. The van der Waals surface area contributed by atoms with Gasteiger partial charge in [-0.1, -0.05) is 36.8 Å². The van der Waals surface area contributed by atoms with E-state index in [1.54, 1.807) is 11.6 Å². The minimum atomic E-state index is -0.316. The van der Waals surface area contributed by atoms with Crippen LogP contribution in [0.2, 0.25) is 0 Å². The molecule has 0 aliphatic carbocycles. The summed E-state index contributed by atoms with van der Waals surface area (Å²) in [7, 11) is 1.73. The molecule has 3 heterocycles. The van der Waals surface area contributed by atoms with Crippen LogP contribution in [-0.2, 0) is 20.1 Å². The van der Waals surface area contributed by atoms with Gasteiger partial charge in [0.15, 0.2) is 0 Å². The number of nitrogens with one attached hydrogen (secondary N) is 1. The van der Waals surface area contributed by atoms with Crippen molar-refractivity contribution in [2.45, 2.75) is 47.7 Å². The Morgan fingerprint density at radius 3 is 2.47 bits per heavy atom. The molecule has 2 aromatic carbocycles. The molecule has 1 aliphatic rings. The minimum Gasteiger partial charge on any atom is -0.267 e. The van der Waals surface area contributed by atoms with Crippen molar-refractivity contribution in [3.8, 4) is 0 Å². The number of hydrogen-bond acceptors (Lipinski definition) is 3. The van der Waals surface area contributed by atoms with Gasteiger partial charge in [-0.3, -0.25) is 13.9 Å². The molecule has 5 rings (SSSR count). The van der Waals surface area contributed by atoms with Crippen LogP contribution < -0.4 is 20.7 Å². The van der Waals surface area contributed by atoms with Gasteiger partial charge in [-0.05, 0) is 62.1 Å². The third-order valence-electron chi connectivity index (χ3n) is 7.16. The number of H-pyrrole nitrogens is 1. The molecule has 4 aromatic rings. The highest BCUT2D eigenvalue weighted by atomic mass is 16.2. The SMILES string of the molecule is Cc1ccc(C)c(Cn2c(=O)c3c([nH]c4[n+]3C[C@H](C)CN4c3ccc(C)c(C)c3)n(C)c2=O)c1. The summed E-state index contributed by atoms with van der Waals surface area (Å²) in [4.78, 5) is 32.7. The average Bonchev–Trinajstić information content (AvgIpc) is 3.18. The third kappa shape index (κ3) is 3.47. The van der Waals surface area contributed by atoms with Crippen LogP contribution in [0.15, 0.2) is 46.0 Å². The quantitative estimate of drug-likeness (QED) is 0.479. The normalized spacial score (nSPS) is 15.7. The molecular formula is C27H32N5O2+. The molecule has 1 aliphatic heterocycles. The highest BCUT2D eigenvalue weighted by Gasteiger charge is 2.36. The predicted molar refractivity (Wildman–Crippen MR) is 135 cm³/mol. The molecule has 0 spiro atoms. The van der Waals surface area contributed by atoms with Gasteiger partial charge in [-0.25, -0.2) is 19.2 Å². The van der Waals surface area contributed by atoms with Gasteiger partial charge in [0.1, 0.15) is 5.69 Å². The fourth-order valence-electron chi connectivity index (χ4n) is 4.98. The van der Waals surface area contributed by atoms with E-state index in [1.165, 1.54) is 15.7 Å². The Bertz CT molecular complexity index is 1560. The van der Waals surface area contributed by atoms with E-state index < -0.39 is 0 Å². The first-order valence-corrected chi connectivity index (χ1v) is 11.8. The van der Waals surface area contributed by atoms with Crippen LogP contribution in [0.25, 0.3) is 11.2 Å². The zero-order valence-corrected chi connectivity index (χ0v) is 20.8. The van der Waals surface area contributed by atoms with Crippen LogP contribution in [0, 0.1) is 33.6 Å². The molecule has 1 N–H and O–H groups in total. The monoisotopic (exact) mass is 458 g/mol. The molecule has 0 radical (unpaired) electrons. The Labute approximate surface area is 198 Å². The maximum Gasteiger partial charge on any atom is 0.364 e. The van der Waals surface area contributed by atoms with Crippen LogP contribution in [0.5, 0.6) is 0 Å². The van der Waals surface area contributed by atoms with Crippen LogP contribution in [-0.4, -0.2) is 20.7 Å². The summed E-state index contributed by atoms with van der Waals surface area (Å²) in [6.45, 7) is 12.3. The van der Waals surface area contributed by atoms with Crippen molar-refractivity contribution in [3.05, 3.63) is 85.1 Å². The van der Waals surface area contributed by atoms with E-state index in [0.717, 1.165) is 34.9 Å². The third-order valence-corrected chi connectivity index (χ3v) is 7.16. The largest absolute Gasteiger partial charge is 0.364 e. The van der Waals surface area contributed by atoms with Crippen molar-refractivity contribution in [2.75, 3.05) is 11.4 Å². The molecule has 176 valence electrons. The number of aromatic amines is 1. The summed E-state index contributed by atoms with van der Waals surface area (Å²) < 4.78 is 4.99. The first-order chi connectivity index (χ1) is 16.2. The highest BCUT2D eigenvalue weighted by molar-refractivity contribution is 5.70. The molecule has 0 unspecified atom stereocenters. The highest BCUT2D eigenvalue weighted by Crippen LogP contribution is 2.29. The van der Waals surface area contributed by atoms with Crippen molar-refractivity contribution >= 4 is 22.8 Å². The maximum absolute atomic E-state index is 13.8. The molecule has 0 fully saturated rings. The molecule has 1 atom stereocenters. The Balaban J connectivity index is 1.72. The van der Waals surface area contributed by atoms with Crippen LogP contribution in [0.4, 0.5) is 11.6 Å². The lowest BCUT2D eigenvalue weighted by atomic mass is 10.1. The van der Waals surface area contributed by atoms with Crippen molar-refractivity contribution < 1.29 is 4.57 Å². The molecule has 7 nitrogen and oxygen atoms in total. The first-order valence-electron chi connectivity index (χ1n) is 11.8. The molecule has 34 heavy (non-hydrogen) atoms. The van der Waals surface area contributed by atoms with E-state index in [9.17, 15) is 9.59 Å². The Hall–Kier alpha value is -3.61. The predicted octanol–water partition coefficient (Wildman–Crippen LogP) is 3.39. The summed E-state index contributed by atoms with van der Waals surface area (Å²) in [5.41, 5.74) is 7.24. The zero-order valence-electron chi connectivity index (χ0n) is 20.8. The van der Waals surface area contributed by atoms with Gasteiger partial charge in [0.25, 0.3) is 5.56 Å². The second kappa shape index (κ2) is 8.01. The Kier molecular flexibility index (Phi) is 5.23. The van der Waals surface area contributed by atoms with Gasteiger partial charge in [-0.2, -0.15) is 0 Å². The number of imidazole rings is 1. The van der Waals surface area contributed by atoms with Gasteiger partial charge >= 0.3 is 11.6 Å². The van der Waals surface area contributed by atoms with E-state index in [4.69, 9.17) is 0 Å². The number of rotatable bonds is 3. The van der Waals surface area contributed by atoms with E-state index in [0.29, 0.717) is 23.6 Å². The summed E-state index contributed by atoms with van der Waals surface area (Å²) in [6, 6.07) is 12.6. The number of anilines is 2. The van der Waals surface area contributed by atoms with Crippen molar-refractivity contribution in [1.29, 1.82) is 0 Å². The summed E-state index contributed by atoms with van der Waals surface area (Å²) in [6.07, 6.45) is 0. The molecule has 7 heteroatoms. The van der Waals surface area contributed by atoms with Gasteiger partial charge in [-0.15, -0.1) is 0 Å². The van der Waals surface area contributed by atoms with Gasteiger partial charge in [0, 0.05) is 13.0 Å². The van der Waals surface area contributed by atoms with Crippen molar-refractivity contribution in [2.24, 2.45) is 13.0 Å². The summed E-state index contributed by atoms with van der Waals surface area (Å²) >= 11 is 0. The number of nitrogens with zero attached hydrogens (tertiary/aromatic N) is 4. The van der Waals surface area contributed by atoms with Gasteiger partial charge in [0.2, 0.25) is 11.2 Å². The topological polar surface area (TPSA) is 66.9 Å². The fourth-order valence-corrected chi connectivity index (χ4v) is 4.98. The van der Waals surface area contributed by atoms with Gasteiger partial charge < -0.3 is 0 Å². The lowest BCUT2D eigenvalue weighted by molar-refractivity contribution is -0.669. The molecule has 2 aromatic heterocycles. The number of aromatic nitrogens is 4. The molecular weight excluding hydrogens is 426 g/mol. The Morgan fingerprint density at radius 1 is 1.00 bits per heavy atom. The zero-order chi connectivity index (χ0) is 24.3. The maximum atomic E-state index is 13.8. The number of fused-ring (bicyclic) bond motifs is 3. The van der Waals surface area contributed by atoms with Crippen LogP contribution in [0.3, 0.4) is 0 Å². The van der Waals surface area contributed by atoms with E-state index in [-0.39, 0.29) is 17.8 Å². The lowest BCUT2D eigenvalue weighted by Gasteiger charge is -2.26.